The van der Waals surface area contributed by atoms with Crippen LogP contribution in [0.5, 0.6) is 0 Å². The summed E-state index contributed by atoms with van der Waals surface area (Å²) in [7, 11) is 2.04. The molecule has 19 heavy (non-hydrogen) atoms. The minimum absolute atomic E-state index is 0.494. The van der Waals surface area contributed by atoms with Crippen molar-refractivity contribution in [3.63, 3.8) is 0 Å². The molecule has 102 valence electrons. The molecule has 0 atom stereocenters. The molecule has 0 heterocycles. The monoisotopic (exact) mass is 275 g/mol. The number of hydrogen-bond acceptors (Lipinski definition) is 4. The molecule has 0 amide bonds. The first-order valence-electron chi connectivity index (χ1n) is 6.79. The third-order valence-corrected chi connectivity index (χ3v) is 4.63. The molecule has 1 aromatic carbocycles. The van der Waals surface area contributed by atoms with Crippen LogP contribution in [-0.4, -0.2) is 25.4 Å². The summed E-state index contributed by atoms with van der Waals surface area (Å²) in [6.07, 6.45) is 6.76. The fourth-order valence-electron chi connectivity index (χ4n) is 2.68. The Morgan fingerprint density at radius 2 is 1.89 bits per heavy atom. The zero-order valence-corrected chi connectivity index (χ0v) is 12.4. The SMILES string of the molecule is CNC1CCC(Nc2cccc(SC)c2C#N)CC1. The van der Waals surface area contributed by atoms with Crippen LogP contribution in [0.2, 0.25) is 0 Å². The molecule has 0 spiro atoms. The molecule has 1 saturated carbocycles. The van der Waals surface area contributed by atoms with Gasteiger partial charge in [-0.05, 0) is 51.1 Å². The normalized spacial score (nSPS) is 22.8. The maximum Gasteiger partial charge on any atom is 0.102 e. The van der Waals surface area contributed by atoms with Gasteiger partial charge in [0, 0.05) is 17.0 Å². The number of nitriles is 1. The molecule has 4 heteroatoms. The van der Waals surface area contributed by atoms with Crippen LogP contribution in [-0.2, 0) is 0 Å². The lowest BCUT2D eigenvalue weighted by Gasteiger charge is -2.29. The van der Waals surface area contributed by atoms with E-state index in [1.165, 1.54) is 25.7 Å². The predicted octanol–water partition coefficient (Wildman–Crippen LogP) is 3.22. The highest BCUT2D eigenvalue weighted by Gasteiger charge is 2.20. The van der Waals surface area contributed by atoms with Gasteiger partial charge in [0.1, 0.15) is 6.07 Å². The molecule has 2 N–H and O–H groups in total. The highest BCUT2D eigenvalue weighted by Crippen LogP contribution is 2.29. The molecular formula is C15H21N3S. The fourth-order valence-corrected chi connectivity index (χ4v) is 3.26. The van der Waals surface area contributed by atoms with Gasteiger partial charge in [-0.1, -0.05) is 6.07 Å². The largest absolute Gasteiger partial charge is 0.381 e. The van der Waals surface area contributed by atoms with Crippen LogP contribution >= 0.6 is 11.8 Å². The van der Waals surface area contributed by atoms with Crippen molar-refractivity contribution < 1.29 is 0 Å². The van der Waals surface area contributed by atoms with Gasteiger partial charge in [0.2, 0.25) is 0 Å². The quantitative estimate of drug-likeness (QED) is 0.828. The van der Waals surface area contributed by atoms with Gasteiger partial charge in [0.05, 0.1) is 11.3 Å². The molecule has 1 fully saturated rings. The van der Waals surface area contributed by atoms with Crippen molar-refractivity contribution in [3.05, 3.63) is 23.8 Å². The van der Waals surface area contributed by atoms with Gasteiger partial charge < -0.3 is 10.6 Å². The lowest BCUT2D eigenvalue weighted by atomic mass is 9.91. The van der Waals surface area contributed by atoms with E-state index < -0.39 is 0 Å². The van der Waals surface area contributed by atoms with Gasteiger partial charge in [-0.2, -0.15) is 5.26 Å². The highest BCUT2D eigenvalue weighted by atomic mass is 32.2. The standard InChI is InChI=1S/C15H21N3S/c1-17-11-6-8-12(9-7-11)18-14-4-3-5-15(19-2)13(14)10-16/h3-5,11-12,17-18H,6-9H2,1-2H3. The minimum atomic E-state index is 0.494. The molecule has 2 rings (SSSR count). The first kappa shape index (κ1) is 14.2. The van der Waals surface area contributed by atoms with Crippen LogP contribution in [0.1, 0.15) is 31.2 Å². The lowest BCUT2D eigenvalue weighted by molar-refractivity contribution is 0.371. The Balaban J connectivity index is 2.06. The van der Waals surface area contributed by atoms with Crippen molar-refractivity contribution in [2.45, 2.75) is 42.7 Å². The van der Waals surface area contributed by atoms with Gasteiger partial charge in [0.25, 0.3) is 0 Å². The van der Waals surface area contributed by atoms with Gasteiger partial charge in [-0.15, -0.1) is 11.8 Å². The van der Waals surface area contributed by atoms with Gasteiger partial charge in [-0.25, -0.2) is 0 Å². The number of nitrogens with zero attached hydrogens (tertiary/aromatic N) is 1. The molecule has 0 bridgehead atoms. The van der Waals surface area contributed by atoms with E-state index in [0.717, 1.165) is 16.1 Å². The van der Waals surface area contributed by atoms with Crippen LogP contribution in [0, 0.1) is 11.3 Å². The molecule has 1 aliphatic carbocycles. The summed E-state index contributed by atoms with van der Waals surface area (Å²) in [5.74, 6) is 0. The number of rotatable bonds is 4. The van der Waals surface area contributed by atoms with Gasteiger partial charge in [-0.3, -0.25) is 0 Å². The third kappa shape index (κ3) is 3.43. The van der Waals surface area contributed by atoms with Crippen molar-refractivity contribution >= 4 is 17.4 Å². The Labute approximate surface area is 119 Å². The second-order valence-corrected chi connectivity index (χ2v) is 5.82. The maximum absolute atomic E-state index is 9.33. The van der Waals surface area contributed by atoms with E-state index in [1.54, 1.807) is 11.8 Å². The number of benzene rings is 1. The summed E-state index contributed by atoms with van der Waals surface area (Å²) in [6, 6.07) is 9.53. The first-order valence-corrected chi connectivity index (χ1v) is 8.02. The Morgan fingerprint density at radius 3 is 2.47 bits per heavy atom. The van der Waals surface area contributed by atoms with Crippen LogP contribution in [0.4, 0.5) is 5.69 Å². The van der Waals surface area contributed by atoms with Crippen molar-refractivity contribution in [3.8, 4) is 6.07 Å². The smallest absolute Gasteiger partial charge is 0.102 e. The molecule has 3 nitrogen and oxygen atoms in total. The molecule has 0 aromatic heterocycles. The number of nitrogens with one attached hydrogen (secondary N) is 2. The van der Waals surface area contributed by atoms with E-state index in [1.807, 2.05) is 31.5 Å². The molecule has 1 aromatic rings. The molecule has 0 unspecified atom stereocenters. The number of anilines is 1. The minimum Gasteiger partial charge on any atom is -0.381 e. The first-order chi connectivity index (χ1) is 9.28. The maximum atomic E-state index is 9.33. The summed E-state index contributed by atoms with van der Waals surface area (Å²) in [6.45, 7) is 0. The molecule has 0 saturated heterocycles. The van der Waals surface area contributed by atoms with E-state index in [9.17, 15) is 5.26 Å². The lowest BCUT2D eigenvalue weighted by Crippen LogP contribution is -2.35. The van der Waals surface area contributed by atoms with Crippen LogP contribution in [0.3, 0.4) is 0 Å². The summed E-state index contributed by atoms with van der Waals surface area (Å²) >= 11 is 1.63. The van der Waals surface area contributed by atoms with Gasteiger partial charge in [0.15, 0.2) is 0 Å². The summed E-state index contributed by atoms with van der Waals surface area (Å²) in [4.78, 5) is 1.05. The summed E-state index contributed by atoms with van der Waals surface area (Å²) in [5.41, 5.74) is 1.77. The van der Waals surface area contributed by atoms with Gasteiger partial charge >= 0.3 is 0 Å². The Bertz CT molecular complexity index is 459. The summed E-state index contributed by atoms with van der Waals surface area (Å²) < 4.78 is 0. The van der Waals surface area contributed by atoms with Crippen molar-refractivity contribution in [2.24, 2.45) is 0 Å². The Hall–Kier alpha value is -1.18. The van der Waals surface area contributed by atoms with Crippen LogP contribution in [0.15, 0.2) is 23.1 Å². The van der Waals surface area contributed by atoms with E-state index in [-0.39, 0.29) is 0 Å². The zero-order valence-electron chi connectivity index (χ0n) is 11.6. The van der Waals surface area contributed by atoms with E-state index >= 15 is 0 Å². The number of hydrogen-bond donors (Lipinski definition) is 2. The van der Waals surface area contributed by atoms with Crippen molar-refractivity contribution in [2.75, 3.05) is 18.6 Å². The molecular weight excluding hydrogens is 254 g/mol. The second kappa shape index (κ2) is 6.83. The van der Waals surface area contributed by atoms with Crippen molar-refractivity contribution in [1.29, 1.82) is 5.26 Å². The average Bonchev–Trinajstić information content (AvgIpc) is 2.47. The summed E-state index contributed by atoms with van der Waals surface area (Å²) in [5, 5.41) is 16.2. The fraction of sp³-hybridized carbons (Fsp3) is 0.533. The molecule has 0 radical (unpaired) electrons. The number of thioether (sulfide) groups is 1. The highest BCUT2D eigenvalue weighted by molar-refractivity contribution is 7.98. The van der Waals surface area contributed by atoms with E-state index in [0.29, 0.717) is 12.1 Å². The van der Waals surface area contributed by atoms with E-state index in [2.05, 4.69) is 16.7 Å². The second-order valence-electron chi connectivity index (χ2n) is 4.98. The van der Waals surface area contributed by atoms with E-state index in [4.69, 9.17) is 0 Å². The predicted molar refractivity (Wildman–Crippen MR) is 81.7 cm³/mol. The van der Waals surface area contributed by atoms with Crippen molar-refractivity contribution in [1.82, 2.24) is 5.32 Å². The third-order valence-electron chi connectivity index (χ3n) is 3.85. The zero-order chi connectivity index (χ0) is 13.7. The Kier molecular flexibility index (Phi) is 5.12. The molecule has 1 aliphatic rings. The van der Waals surface area contributed by atoms with Crippen LogP contribution in [0.25, 0.3) is 0 Å². The topological polar surface area (TPSA) is 47.8 Å². The average molecular weight is 275 g/mol. The Morgan fingerprint density at radius 1 is 1.21 bits per heavy atom. The molecule has 0 aliphatic heterocycles. The van der Waals surface area contributed by atoms with Crippen LogP contribution < -0.4 is 10.6 Å².